The summed E-state index contributed by atoms with van der Waals surface area (Å²) in [7, 11) is 0. The number of hydrogen-bond acceptors (Lipinski definition) is 4. The monoisotopic (exact) mass is 292 g/mol. The molecule has 0 bridgehead atoms. The molecule has 0 aliphatic heterocycles. The molecule has 108 valence electrons. The van der Waals surface area contributed by atoms with Gasteiger partial charge in [-0.1, -0.05) is 6.07 Å². The van der Waals surface area contributed by atoms with E-state index in [9.17, 15) is 24.1 Å². The third kappa shape index (κ3) is 2.38. The quantitative estimate of drug-likeness (QED) is 0.687. The number of pyridine rings is 1. The second kappa shape index (κ2) is 5.16. The second-order valence-corrected chi connectivity index (χ2v) is 4.20. The highest BCUT2D eigenvalue weighted by Gasteiger charge is 2.23. The van der Waals surface area contributed by atoms with Crippen molar-refractivity contribution in [1.82, 2.24) is 4.57 Å². The lowest BCUT2D eigenvalue weighted by molar-refractivity contribution is -0.384. The normalized spacial score (nSPS) is 10.4. The summed E-state index contributed by atoms with van der Waals surface area (Å²) in [6.07, 6.45) is 0. The van der Waals surface area contributed by atoms with Crippen molar-refractivity contribution in [3.63, 3.8) is 0 Å². The molecule has 0 radical (unpaired) electrons. The molecule has 8 heteroatoms. The van der Waals surface area contributed by atoms with Crippen LogP contribution in [0.4, 0.5) is 10.1 Å². The van der Waals surface area contributed by atoms with Crippen LogP contribution in [-0.4, -0.2) is 20.6 Å². The minimum absolute atomic E-state index is 0.179. The van der Waals surface area contributed by atoms with Crippen molar-refractivity contribution in [3.05, 3.63) is 67.9 Å². The summed E-state index contributed by atoms with van der Waals surface area (Å²) in [5.74, 6) is -2.48. The Morgan fingerprint density at radius 1 is 1.33 bits per heavy atom. The Labute approximate surface area is 117 Å². The van der Waals surface area contributed by atoms with E-state index in [0.29, 0.717) is 4.57 Å². The Bertz CT molecular complexity index is 813. The molecular formula is C13H9FN2O5. The summed E-state index contributed by atoms with van der Waals surface area (Å²) >= 11 is 0. The first kappa shape index (κ1) is 14.4. The maximum absolute atomic E-state index is 14.0. The van der Waals surface area contributed by atoms with E-state index < -0.39 is 39.2 Å². The minimum Gasteiger partial charge on any atom is -0.477 e. The molecule has 2 rings (SSSR count). The minimum atomic E-state index is -1.49. The molecule has 21 heavy (non-hydrogen) atoms. The third-order valence-corrected chi connectivity index (χ3v) is 2.89. The van der Waals surface area contributed by atoms with E-state index in [1.165, 1.54) is 13.0 Å². The van der Waals surface area contributed by atoms with Crippen LogP contribution in [0.25, 0.3) is 5.69 Å². The van der Waals surface area contributed by atoms with Crippen molar-refractivity contribution in [2.24, 2.45) is 0 Å². The number of carboxylic acids is 1. The van der Waals surface area contributed by atoms with Crippen LogP contribution >= 0.6 is 0 Å². The van der Waals surface area contributed by atoms with E-state index in [1.54, 1.807) is 0 Å². The van der Waals surface area contributed by atoms with Gasteiger partial charge in [0.2, 0.25) is 0 Å². The number of benzene rings is 1. The molecule has 7 nitrogen and oxygen atoms in total. The van der Waals surface area contributed by atoms with E-state index in [1.807, 2.05) is 0 Å². The predicted octanol–water partition coefficient (Wildman–Crippen LogP) is 1.89. The van der Waals surface area contributed by atoms with Gasteiger partial charge in [0.1, 0.15) is 5.56 Å². The molecule has 1 aromatic carbocycles. The van der Waals surface area contributed by atoms with Gasteiger partial charge in [0.15, 0.2) is 11.5 Å². The fourth-order valence-electron chi connectivity index (χ4n) is 1.94. The zero-order valence-electron chi connectivity index (χ0n) is 10.7. The number of hydrogen-bond donors (Lipinski definition) is 1. The van der Waals surface area contributed by atoms with Crippen LogP contribution in [0.5, 0.6) is 0 Å². The predicted molar refractivity (Wildman–Crippen MR) is 70.3 cm³/mol. The summed E-state index contributed by atoms with van der Waals surface area (Å²) in [5.41, 5.74) is -2.65. The zero-order chi connectivity index (χ0) is 15.7. The molecular weight excluding hydrogens is 283 g/mol. The van der Waals surface area contributed by atoms with Gasteiger partial charge in [-0.15, -0.1) is 0 Å². The fraction of sp³-hybridized carbons (Fsp3) is 0.0769. The number of halogens is 1. The summed E-state index contributed by atoms with van der Waals surface area (Å²) < 4.78 is 14.7. The summed E-state index contributed by atoms with van der Waals surface area (Å²) in [6, 6.07) is 5.49. The Morgan fingerprint density at radius 3 is 2.57 bits per heavy atom. The average Bonchev–Trinajstić information content (AvgIpc) is 2.39. The average molecular weight is 292 g/mol. The second-order valence-electron chi connectivity index (χ2n) is 4.20. The van der Waals surface area contributed by atoms with E-state index in [2.05, 4.69) is 0 Å². The molecule has 0 fully saturated rings. The Kier molecular flexibility index (Phi) is 3.53. The highest BCUT2D eigenvalue weighted by Crippen LogP contribution is 2.25. The highest BCUT2D eigenvalue weighted by molar-refractivity contribution is 5.87. The number of carboxylic acid groups (broad SMARTS) is 1. The van der Waals surface area contributed by atoms with Gasteiger partial charge in [-0.2, -0.15) is 0 Å². The van der Waals surface area contributed by atoms with Crippen molar-refractivity contribution in [2.45, 2.75) is 6.92 Å². The van der Waals surface area contributed by atoms with Gasteiger partial charge in [-0.25, -0.2) is 9.18 Å². The Hall–Kier alpha value is -3.03. The molecule has 0 spiro atoms. The van der Waals surface area contributed by atoms with E-state index in [4.69, 9.17) is 5.11 Å². The molecule has 0 aliphatic rings. The van der Waals surface area contributed by atoms with Gasteiger partial charge in [0.05, 0.1) is 4.92 Å². The molecule has 0 saturated heterocycles. The number of nitro groups is 1. The van der Waals surface area contributed by atoms with Crippen LogP contribution in [0.15, 0.2) is 35.1 Å². The molecule has 0 saturated carbocycles. The SMILES string of the molecule is Cc1ccc(C(=O)O)c(=O)n1-c1c(F)cccc1[N+](=O)[O-]. The molecule has 1 aromatic heterocycles. The van der Waals surface area contributed by atoms with E-state index in [0.717, 1.165) is 24.3 Å². The lowest BCUT2D eigenvalue weighted by Crippen LogP contribution is -2.27. The Balaban J connectivity index is 2.92. The maximum atomic E-state index is 14.0. The number of aryl methyl sites for hydroxylation is 1. The van der Waals surface area contributed by atoms with Crippen LogP contribution in [0, 0.1) is 22.9 Å². The van der Waals surface area contributed by atoms with Crippen LogP contribution < -0.4 is 5.56 Å². The first-order valence-corrected chi connectivity index (χ1v) is 5.74. The van der Waals surface area contributed by atoms with Crippen molar-refractivity contribution < 1.29 is 19.2 Å². The van der Waals surface area contributed by atoms with Gasteiger partial charge in [0.25, 0.3) is 11.2 Å². The van der Waals surface area contributed by atoms with Crippen molar-refractivity contribution in [1.29, 1.82) is 0 Å². The smallest absolute Gasteiger partial charge is 0.341 e. The van der Waals surface area contributed by atoms with Crippen LogP contribution in [0.2, 0.25) is 0 Å². The van der Waals surface area contributed by atoms with Gasteiger partial charge < -0.3 is 5.11 Å². The van der Waals surface area contributed by atoms with Crippen LogP contribution in [0.1, 0.15) is 16.1 Å². The van der Waals surface area contributed by atoms with Gasteiger partial charge in [-0.05, 0) is 25.1 Å². The number of nitro benzene ring substituents is 1. The van der Waals surface area contributed by atoms with Crippen LogP contribution in [-0.2, 0) is 0 Å². The van der Waals surface area contributed by atoms with Crippen molar-refractivity contribution in [2.75, 3.05) is 0 Å². The highest BCUT2D eigenvalue weighted by atomic mass is 19.1. The number of aromatic carboxylic acids is 1. The fourth-order valence-corrected chi connectivity index (χ4v) is 1.94. The number of rotatable bonds is 3. The Morgan fingerprint density at radius 2 is 2.00 bits per heavy atom. The van der Waals surface area contributed by atoms with E-state index in [-0.39, 0.29) is 5.69 Å². The molecule has 0 unspecified atom stereocenters. The van der Waals surface area contributed by atoms with E-state index >= 15 is 0 Å². The van der Waals surface area contributed by atoms with Gasteiger partial charge in [0, 0.05) is 11.8 Å². The number of para-hydroxylation sites is 1. The van der Waals surface area contributed by atoms with Crippen LogP contribution in [0.3, 0.4) is 0 Å². The lowest BCUT2D eigenvalue weighted by Gasteiger charge is -2.11. The number of aromatic nitrogens is 1. The topological polar surface area (TPSA) is 102 Å². The zero-order valence-corrected chi connectivity index (χ0v) is 10.7. The van der Waals surface area contributed by atoms with Gasteiger partial charge >= 0.3 is 5.97 Å². The maximum Gasteiger partial charge on any atom is 0.341 e. The molecule has 2 aromatic rings. The number of carbonyl (C=O) groups is 1. The first-order chi connectivity index (χ1) is 9.84. The number of nitrogens with zero attached hydrogens (tertiary/aromatic N) is 2. The lowest BCUT2D eigenvalue weighted by atomic mass is 10.2. The summed E-state index contributed by atoms with van der Waals surface area (Å²) in [5, 5.41) is 19.9. The first-order valence-electron chi connectivity index (χ1n) is 5.74. The molecule has 0 aliphatic carbocycles. The largest absolute Gasteiger partial charge is 0.477 e. The molecule has 1 heterocycles. The van der Waals surface area contributed by atoms with Crippen molar-refractivity contribution >= 4 is 11.7 Å². The molecule has 0 amide bonds. The summed E-state index contributed by atoms with van der Waals surface area (Å²) in [6.45, 7) is 1.42. The standard InChI is InChI=1S/C13H9FN2O5/c1-7-5-6-8(13(18)19)12(17)15(7)11-9(14)3-2-4-10(11)16(20)21/h2-6H,1H3,(H,18,19). The molecule has 0 atom stereocenters. The summed E-state index contributed by atoms with van der Waals surface area (Å²) in [4.78, 5) is 33.3. The third-order valence-electron chi connectivity index (χ3n) is 2.89. The van der Waals surface area contributed by atoms with Gasteiger partial charge in [-0.3, -0.25) is 19.5 Å². The van der Waals surface area contributed by atoms with Crippen molar-refractivity contribution in [3.8, 4) is 5.69 Å². The molecule has 1 N–H and O–H groups in total.